The summed E-state index contributed by atoms with van der Waals surface area (Å²) in [5.41, 5.74) is 0.0842. The Balaban J connectivity index is 1.55. The highest BCUT2D eigenvalue weighted by atomic mass is 19.3. The first-order valence-electron chi connectivity index (χ1n) is 16.5. The Morgan fingerprint density at radius 2 is 1.75 bits per heavy atom. The molecule has 4 rings (SSSR count). The topological polar surface area (TPSA) is 154 Å². The van der Waals surface area contributed by atoms with Gasteiger partial charge in [-0.2, -0.15) is 8.78 Å². The van der Waals surface area contributed by atoms with Gasteiger partial charge in [0.25, 0.3) is 11.8 Å². The third-order valence-electron chi connectivity index (χ3n) is 9.64. The zero-order valence-electron chi connectivity index (χ0n) is 28.3. The minimum absolute atomic E-state index is 0.00895. The second kappa shape index (κ2) is 15.4. The molecule has 4 amide bonds. The van der Waals surface area contributed by atoms with E-state index in [0.717, 1.165) is 18.9 Å². The summed E-state index contributed by atoms with van der Waals surface area (Å²) in [5.74, 6) is -8.67. The lowest BCUT2D eigenvalue weighted by molar-refractivity contribution is -0.148. The Bertz CT molecular complexity index is 1470. The van der Waals surface area contributed by atoms with Gasteiger partial charge in [-0.25, -0.2) is 9.07 Å². The van der Waals surface area contributed by atoms with E-state index in [9.17, 15) is 28.0 Å². The third-order valence-corrected chi connectivity index (χ3v) is 9.64. The fourth-order valence-electron chi connectivity index (χ4n) is 6.24. The number of aryl methyl sites for hydroxylation is 1. The second-order valence-corrected chi connectivity index (χ2v) is 13.3. The molecule has 4 atom stereocenters. The number of amides is 4. The summed E-state index contributed by atoms with van der Waals surface area (Å²) in [4.78, 5) is 56.3. The van der Waals surface area contributed by atoms with Crippen LogP contribution >= 0.6 is 0 Å². The molecule has 0 radical (unpaired) electrons. The SMILES string of the molecule is CCn1nnnc1C(=O)N[C@H](C(=O)Nc1ccc([C@H](C)[C@@H](NC(=O)C(C)(F)F)C(=O)N2CCN(C)[C@H](C)C2)cc1F)[C@H]1CC[C@H](C)CC1. The average Bonchev–Trinajstić information content (AvgIpc) is 3.53. The van der Waals surface area contributed by atoms with Crippen molar-refractivity contribution in [2.45, 2.75) is 96.8 Å². The van der Waals surface area contributed by atoms with Crippen LogP contribution in [-0.2, 0) is 20.9 Å². The largest absolute Gasteiger partial charge is 0.339 e. The van der Waals surface area contributed by atoms with Crippen LogP contribution in [0.3, 0.4) is 0 Å². The van der Waals surface area contributed by atoms with Crippen molar-refractivity contribution in [3.05, 3.63) is 35.4 Å². The van der Waals surface area contributed by atoms with E-state index in [1.54, 1.807) is 13.8 Å². The highest BCUT2D eigenvalue weighted by Gasteiger charge is 2.40. The van der Waals surface area contributed by atoms with Crippen LogP contribution in [0.15, 0.2) is 18.2 Å². The van der Waals surface area contributed by atoms with Crippen LogP contribution in [0.4, 0.5) is 18.9 Å². The first-order valence-corrected chi connectivity index (χ1v) is 16.5. The van der Waals surface area contributed by atoms with Crippen LogP contribution in [0.1, 0.15) is 82.4 Å². The molecule has 48 heavy (non-hydrogen) atoms. The van der Waals surface area contributed by atoms with Crippen molar-refractivity contribution in [3.63, 3.8) is 0 Å². The summed E-state index contributed by atoms with van der Waals surface area (Å²) < 4.78 is 44.8. The lowest BCUT2D eigenvalue weighted by Gasteiger charge is -2.40. The molecule has 1 aliphatic carbocycles. The van der Waals surface area contributed by atoms with Crippen LogP contribution in [0.2, 0.25) is 0 Å². The molecule has 2 aromatic rings. The molecule has 3 N–H and O–H groups in total. The van der Waals surface area contributed by atoms with Crippen LogP contribution in [0.5, 0.6) is 0 Å². The molecule has 264 valence electrons. The molecule has 13 nitrogen and oxygen atoms in total. The number of carbonyl (C=O) groups excluding carboxylic acids is 4. The summed E-state index contributed by atoms with van der Waals surface area (Å²) in [7, 11) is 1.91. The van der Waals surface area contributed by atoms with Gasteiger partial charge in [-0.3, -0.25) is 19.2 Å². The molecule has 16 heteroatoms. The van der Waals surface area contributed by atoms with Gasteiger partial charge < -0.3 is 25.8 Å². The van der Waals surface area contributed by atoms with Gasteiger partial charge in [0.05, 0.1) is 5.69 Å². The molecular weight excluding hydrogens is 631 g/mol. The summed E-state index contributed by atoms with van der Waals surface area (Å²) in [6, 6.07) is 1.51. The average molecular weight is 678 g/mol. The van der Waals surface area contributed by atoms with Gasteiger partial charge in [-0.05, 0) is 73.7 Å². The number of rotatable bonds is 11. The number of alkyl halides is 2. The molecule has 1 aliphatic heterocycles. The maximum Gasteiger partial charge on any atom is 0.321 e. The molecule has 2 fully saturated rings. The molecule has 2 heterocycles. The van der Waals surface area contributed by atoms with Gasteiger partial charge in [-0.15, -0.1) is 5.10 Å². The summed E-state index contributed by atoms with van der Waals surface area (Å²) in [5, 5.41) is 18.6. The molecule has 2 aliphatic rings. The van der Waals surface area contributed by atoms with Crippen LogP contribution < -0.4 is 16.0 Å². The fraction of sp³-hybridized carbons (Fsp3) is 0.656. The number of nitrogens with one attached hydrogen (secondary N) is 3. The number of halogens is 3. The molecule has 0 bridgehead atoms. The lowest BCUT2D eigenvalue weighted by Crippen LogP contribution is -2.59. The Morgan fingerprint density at radius 1 is 1.06 bits per heavy atom. The summed E-state index contributed by atoms with van der Waals surface area (Å²) in [6.07, 6.45) is 3.10. The predicted molar refractivity (Wildman–Crippen MR) is 171 cm³/mol. The van der Waals surface area contributed by atoms with Crippen molar-refractivity contribution in [2.24, 2.45) is 11.8 Å². The number of benzene rings is 1. The predicted octanol–water partition coefficient (Wildman–Crippen LogP) is 2.80. The fourth-order valence-corrected chi connectivity index (χ4v) is 6.24. The van der Waals surface area contributed by atoms with Crippen molar-refractivity contribution >= 4 is 29.3 Å². The number of anilines is 1. The normalized spacial score (nSPS) is 22.4. The lowest BCUT2D eigenvalue weighted by atomic mass is 9.79. The minimum atomic E-state index is -3.74. The molecular formula is C32H46F3N9O4. The number of hydrogen-bond acceptors (Lipinski definition) is 8. The molecule has 1 aromatic heterocycles. The zero-order valence-corrected chi connectivity index (χ0v) is 28.3. The molecule has 0 unspecified atom stereocenters. The number of carbonyl (C=O) groups is 4. The van der Waals surface area contributed by atoms with Crippen LogP contribution in [0, 0.1) is 17.7 Å². The van der Waals surface area contributed by atoms with Gasteiger partial charge in [0.1, 0.15) is 17.9 Å². The van der Waals surface area contributed by atoms with Crippen molar-refractivity contribution in [2.75, 3.05) is 32.0 Å². The molecule has 1 saturated carbocycles. The van der Waals surface area contributed by atoms with Gasteiger partial charge in [-0.1, -0.05) is 32.8 Å². The number of tetrazole rings is 1. The van der Waals surface area contributed by atoms with Crippen LogP contribution in [0.25, 0.3) is 0 Å². The highest BCUT2D eigenvalue weighted by Crippen LogP contribution is 2.32. The Kier molecular flexibility index (Phi) is 11.8. The van der Waals surface area contributed by atoms with E-state index in [0.29, 0.717) is 51.9 Å². The van der Waals surface area contributed by atoms with E-state index in [1.807, 2.05) is 14.0 Å². The molecule has 1 saturated heterocycles. The van der Waals surface area contributed by atoms with Crippen molar-refractivity contribution in [1.29, 1.82) is 0 Å². The van der Waals surface area contributed by atoms with Crippen molar-refractivity contribution in [3.8, 4) is 0 Å². The van der Waals surface area contributed by atoms with E-state index < -0.39 is 53.4 Å². The molecule has 1 aromatic carbocycles. The Morgan fingerprint density at radius 3 is 2.35 bits per heavy atom. The number of likely N-dealkylation sites (N-methyl/N-ethyl adjacent to an activating group) is 1. The monoisotopic (exact) mass is 677 g/mol. The van der Waals surface area contributed by atoms with Crippen LogP contribution in [-0.4, -0.2) is 104 Å². The smallest absolute Gasteiger partial charge is 0.321 e. The first-order chi connectivity index (χ1) is 22.6. The van der Waals surface area contributed by atoms with Gasteiger partial charge in [0.15, 0.2) is 0 Å². The number of nitrogens with zero attached hydrogens (tertiary/aromatic N) is 6. The van der Waals surface area contributed by atoms with E-state index in [1.165, 1.54) is 21.7 Å². The van der Waals surface area contributed by atoms with E-state index in [4.69, 9.17) is 0 Å². The van der Waals surface area contributed by atoms with Crippen molar-refractivity contribution in [1.82, 2.24) is 40.6 Å². The maximum absolute atomic E-state index is 15.6. The van der Waals surface area contributed by atoms with E-state index >= 15 is 4.39 Å². The van der Waals surface area contributed by atoms with Gasteiger partial charge in [0, 0.05) is 45.1 Å². The summed E-state index contributed by atoms with van der Waals surface area (Å²) in [6.45, 7) is 9.39. The quantitative estimate of drug-likeness (QED) is 0.328. The number of piperazine rings is 1. The highest BCUT2D eigenvalue weighted by molar-refractivity contribution is 6.00. The second-order valence-electron chi connectivity index (χ2n) is 13.3. The maximum atomic E-state index is 15.6. The zero-order chi connectivity index (χ0) is 35.3. The molecule has 0 spiro atoms. The van der Waals surface area contributed by atoms with Crippen molar-refractivity contribution < 1.29 is 32.3 Å². The first kappa shape index (κ1) is 36.8. The minimum Gasteiger partial charge on any atom is -0.339 e. The van der Waals surface area contributed by atoms with E-state index in [2.05, 4.69) is 43.3 Å². The summed E-state index contributed by atoms with van der Waals surface area (Å²) >= 11 is 0. The number of aromatic nitrogens is 4. The Labute approximate surface area is 278 Å². The Hall–Kier alpha value is -4.08. The third kappa shape index (κ3) is 8.68. The van der Waals surface area contributed by atoms with E-state index in [-0.39, 0.29) is 29.0 Å². The standard InChI is InChI=1S/C32H46F3N9O4/c1-7-44-27(39-40-41-44)29(46)37-26(21-10-8-18(2)9-11-21)28(45)36-24-13-12-22(16-23(24)33)20(4)25(38-31(48)32(5,34)35)30(47)43-15-14-42(6)19(3)17-43/h12-13,16,18-21,25-26H,7-11,14-15,17H2,1-6H3,(H,36,45)(H,37,46)(H,38,48)/t18-,19-,20+,21-,25-,26+/m1/s1. The van der Waals surface area contributed by atoms with Gasteiger partial charge >= 0.3 is 5.92 Å². The number of hydrogen-bond donors (Lipinski definition) is 3. The van der Waals surface area contributed by atoms with Gasteiger partial charge in [0.2, 0.25) is 17.6 Å².